The van der Waals surface area contributed by atoms with Crippen LogP contribution >= 0.6 is 11.6 Å². The number of nitrogens with zero attached hydrogens (tertiary/aromatic N) is 3. The average Bonchev–Trinajstić information content (AvgIpc) is 2.66. The monoisotopic (exact) mass is 422 g/mol. The third-order valence-electron chi connectivity index (χ3n) is 5.90. The van der Waals surface area contributed by atoms with E-state index in [0.717, 1.165) is 43.5 Å². The molecule has 1 atom stereocenters. The maximum absolute atomic E-state index is 12.7. The summed E-state index contributed by atoms with van der Waals surface area (Å²) in [6.45, 7) is 4.22. The molecule has 0 radical (unpaired) electrons. The lowest BCUT2D eigenvalue weighted by atomic mass is 9.81. The number of carbonyl (C=O) groups is 1. The van der Waals surface area contributed by atoms with Gasteiger partial charge >= 0.3 is 0 Å². The fraction of sp³-hybridized carbons (Fsp3) is 0.421. The second-order valence-corrected chi connectivity index (χ2v) is 8.02. The van der Waals surface area contributed by atoms with Crippen molar-refractivity contribution in [2.75, 3.05) is 31.1 Å². The first-order chi connectivity index (χ1) is 13.0. The molecule has 5 rings (SSSR count). The first-order valence-corrected chi connectivity index (χ1v) is 9.62. The summed E-state index contributed by atoms with van der Waals surface area (Å²) in [7, 11) is 0. The molecule has 2 aromatic rings. The summed E-state index contributed by atoms with van der Waals surface area (Å²) in [6, 6.07) is 10.6. The highest BCUT2D eigenvalue weighted by atomic mass is 35.5. The van der Waals surface area contributed by atoms with E-state index in [1.54, 1.807) is 0 Å². The number of aromatic nitrogens is 2. The van der Waals surface area contributed by atoms with Crippen molar-refractivity contribution in [1.82, 2.24) is 15.3 Å². The van der Waals surface area contributed by atoms with E-state index in [2.05, 4.69) is 39.6 Å². The van der Waals surface area contributed by atoms with E-state index in [1.807, 2.05) is 6.07 Å². The van der Waals surface area contributed by atoms with Gasteiger partial charge in [-0.25, -0.2) is 9.97 Å². The second kappa shape index (κ2) is 8.11. The SMILES string of the molecule is Nc1nc(N)c(C(=O)NC2C[N+]3(Cc4ccccc4)CCC2CC3)nc1Cl.[Cl-]. The number of carbonyl (C=O) groups excluding carboxylic acids is 1. The lowest BCUT2D eigenvalue weighted by Gasteiger charge is -2.52. The summed E-state index contributed by atoms with van der Waals surface area (Å²) in [5, 5.41) is 3.12. The van der Waals surface area contributed by atoms with Gasteiger partial charge in [-0.15, -0.1) is 0 Å². The van der Waals surface area contributed by atoms with Gasteiger partial charge in [0.15, 0.2) is 22.5 Å². The van der Waals surface area contributed by atoms with Crippen LogP contribution in [-0.4, -0.2) is 46.0 Å². The van der Waals surface area contributed by atoms with Crippen LogP contribution in [0.4, 0.5) is 11.6 Å². The Morgan fingerprint density at radius 1 is 1.14 bits per heavy atom. The van der Waals surface area contributed by atoms with Gasteiger partial charge in [0.2, 0.25) is 0 Å². The van der Waals surface area contributed by atoms with Crippen LogP contribution in [0.15, 0.2) is 30.3 Å². The zero-order valence-electron chi connectivity index (χ0n) is 15.4. The van der Waals surface area contributed by atoms with E-state index >= 15 is 0 Å². The molecule has 5 N–H and O–H groups in total. The Hall–Kier alpha value is -2.09. The molecule has 3 fully saturated rings. The molecule has 0 saturated carbocycles. The molecule has 9 heteroatoms. The van der Waals surface area contributed by atoms with E-state index in [9.17, 15) is 4.79 Å². The standard InChI is InChI=1S/C19H23ClN6O.ClH/c20-16-18(22)25-17(21)15(24-16)19(27)23-14-11-26(8-6-13(14)7-9-26)10-12-4-2-1-3-5-12;/h1-5,13-14H,6-11H2,(H4-,21,22,23,25,27);1H. The third kappa shape index (κ3) is 4.01. The Morgan fingerprint density at radius 2 is 1.82 bits per heavy atom. The largest absolute Gasteiger partial charge is 1.00 e. The number of hydrogen-bond donors (Lipinski definition) is 3. The van der Waals surface area contributed by atoms with Gasteiger partial charge in [-0.05, 0) is 5.92 Å². The zero-order chi connectivity index (χ0) is 19.0. The minimum atomic E-state index is -0.335. The van der Waals surface area contributed by atoms with Crippen molar-refractivity contribution >= 4 is 29.1 Å². The van der Waals surface area contributed by atoms with Crippen LogP contribution in [0.25, 0.3) is 0 Å². The summed E-state index contributed by atoms with van der Waals surface area (Å²) < 4.78 is 1.01. The number of quaternary nitrogens is 1. The molecule has 7 nitrogen and oxygen atoms in total. The van der Waals surface area contributed by atoms with Crippen LogP contribution in [0.2, 0.25) is 5.15 Å². The molecule has 2 bridgehead atoms. The highest BCUT2D eigenvalue weighted by Crippen LogP contribution is 2.35. The van der Waals surface area contributed by atoms with Crippen molar-refractivity contribution in [3.05, 3.63) is 46.7 Å². The van der Waals surface area contributed by atoms with Crippen LogP contribution in [0, 0.1) is 5.92 Å². The molecule has 1 aromatic carbocycles. The summed E-state index contributed by atoms with van der Waals surface area (Å²) in [5.41, 5.74) is 12.8. The topological polar surface area (TPSA) is 107 Å². The van der Waals surface area contributed by atoms with E-state index in [0.29, 0.717) is 5.92 Å². The number of nitrogens with two attached hydrogens (primary N) is 2. The van der Waals surface area contributed by atoms with Crippen LogP contribution in [0.1, 0.15) is 28.9 Å². The quantitative estimate of drug-likeness (QED) is 0.538. The molecule has 0 aliphatic carbocycles. The summed E-state index contributed by atoms with van der Waals surface area (Å²) in [4.78, 5) is 20.7. The number of piperidine rings is 3. The number of fused-ring (bicyclic) bond motifs is 3. The van der Waals surface area contributed by atoms with Crippen molar-refractivity contribution in [2.45, 2.75) is 25.4 Å². The number of nitrogen functional groups attached to an aromatic ring is 2. The zero-order valence-corrected chi connectivity index (χ0v) is 17.0. The van der Waals surface area contributed by atoms with E-state index in [-0.39, 0.29) is 46.8 Å². The maximum atomic E-state index is 12.7. The predicted molar refractivity (Wildman–Crippen MR) is 105 cm³/mol. The van der Waals surface area contributed by atoms with Crippen LogP contribution in [0.3, 0.4) is 0 Å². The Balaban J connectivity index is 0.00000225. The van der Waals surface area contributed by atoms with E-state index in [4.69, 9.17) is 23.1 Å². The number of amides is 1. The number of benzene rings is 1. The smallest absolute Gasteiger partial charge is 0.274 e. The van der Waals surface area contributed by atoms with Gasteiger partial charge in [-0.1, -0.05) is 41.9 Å². The highest BCUT2D eigenvalue weighted by Gasteiger charge is 2.46. The molecule has 1 aromatic heterocycles. The molecule has 3 aliphatic rings. The molecule has 4 heterocycles. The summed E-state index contributed by atoms with van der Waals surface area (Å²) in [5.74, 6) is 0.187. The molecule has 28 heavy (non-hydrogen) atoms. The number of anilines is 2. The van der Waals surface area contributed by atoms with Crippen molar-refractivity contribution in [2.24, 2.45) is 5.92 Å². The van der Waals surface area contributed by atoms with Gasteiger partial charge < -0.3 is 33.7 Å². The Labute approximate surface area is 175 Å². The first-order valence-electron chi connectivity index (χ1n) is 9.24. The molecule has 150 valence electrons. The number of rotatable bonds is 4. The fourth-order valence-corrected chi connectivity index (χ4v) is 4.62. The van der Waals surface area contributed by atoms with Crippen molar-refractivity contribution in [3.8, 4) is 0 Å². The fourth-order valence-electron chi connectivity index (χ4n) is 4.49. The van der Waals surface area contributed by atoms with Crippen molar-refractivity contribution in [3.63, 3.8) is 0 Å². The average molecular weight is 423 g/mol. The molecule has 3 saturated heterocycles. The van der Waals surface area contributed by atoms with Crippen molar-refractivity contribution < 1.29 is 21.7 Å². The Morgan fingerprint density at radius 3 is 2.50 bits per heavy atom. The number of halogens is 2. The lowest BCUT2D eigenvalue weighted by molar-refractivity contribution is -0.956. The molecule has 0 spiro atoms. The number of nitrogens with one attached hydrogen (secondary N) is 1. The van der Waals surface area contributed by atoms with Crippen molar-refractivity contribution in [1.29, 1.82) is 0 Å². The van der Waals surface area contributed by atoms with Gasteiger partial charge in [-0.3, -0.25) is 4.79 Å². The highest BCUT2D eigenvalue weighted by molar-refractivity contribution is 6.31. The summed E-state index contributed by atoms with van der Waals surface area (Å²) >= 11 is 5.91. The Bertz CT molecular complexity index is 855. The molecular formula is C19H24Cl2N6O. The van der Waals surface area contributed by atoms with Gasteiger partial charge in [0, 0.05) is 18.4 Å². The third-order valence-corrected chi connectivity index (χ3v) is 6.18. The van der Waals surface area contributed by atoms with Crippen LogP contribution in [-0.2, 0) is 6.54 Å². The molecule has 1 amide bonds. The summed E-state index contributed by atoms with van der Waals surface area (Å²) in [6.07, 6.45) is 2.23. The minimum absolute atomic E-state index is 0. The maximum Gasteiger partial charge on any atom is 0.274 e. The minimum Gasteiger partial charge on any atom is -1.00 e. The van der Waals surface area contributed by atoms with Crippen LogP contribution in [0.5, 0.6) is 0 Å². The van der Waals surface area contributed by atoms with E-state index < -0.39 is 0 Å². The second-order valence-electron chi connectivity index (χ2n) is 7.67. The van der Waals surface area contributed by atoms with Crippen LogP contribution < -0.4 is 29.2 Å². The Kier molecular flexibility index (Phi) is 5.98. The van der Waals surface area contributed by atoms with E-state index in [1.165, 1.54) is 5.56 Å². The number of hydrogen-bond acceptors (Lipinski definition) is 5. The normalized spacial score (nSPS) is 25.8. The predicted octanol–water partition coefficient (Wildman–Crippen LogP) is -1.16. The molecule has 1 unspecified atom stereocenters. The molecule has 3 aliphatic heterocycles. The van der Waals surface area contributed by atoms with Gasteiger partial charge in [0.25, 0.3) is 5.91 Å². The van der Waals surface area contributed by atoms with Gasteiger partial charge in [-0.2, -0.15) is 0 Å². The molecular weight excluding hydrogens is 399 g/mol. The first kappa shape index (κ1) is 20.6. The lowest BCUT2D eigenvalue weighted by Crippen LogP contribution is -3.00. The van der Waals surface area contributed by atoms with Gasteiger partial charge in [0.1, 0.15) is 6.54 Å². The van der Waals surface area contributed by atoms with Gasteiger partial charge in [0.05, 0.1) is 25.7 Å².